The van der Waals surface area contributed by atoms with Crippen molar-refractivity contribution in [3.63, 3.8) is 0 Å². The van der Waals surface area contributed by atoms with Crippen LogP contribution in [-0.4, -0.2) is 35.5 Å². The van der Waals surface area contributed by atoms with E-state index in [0.29, 0.717) is 30.9 Å². The number of furan rings is 1. The summed E-state index contributed by atoms with van der Waals surface area (Å²) in [6.07, 6.45) is 1.78. The number of aliphatic hydroxyl groups excluding tert-OH is 1. The van der Waals surface area contributed by atoms with E-state index in [1.165, 1.54) is 11.1 Å². The van der Waals surface area contributed by atoms with Gasteiger partial charge in [-0.15, -0.1) is 0 Å². The predicted molar refractivity (Wildman–Crippen MR) is 107 cm³/mol. The number of aryl methyl sites for hydroxylation is 1. The molecule has 5 heteroatoms. The largest absolute Gasteiger partial charge is 0.491 e. The van der Waals surface area contributed by atoms with Crippen LogP contribution in [0.4, 0.5) is 0 Å². The molecule has 28 heavy (non-hydrogen) atoms. The number of carbonyl (C=O) groups excluding carboxylic acids is 1. The Morgan fingerprint density at radius 3 is 2.46 bits per heavy atom. The molecule has 0 saturated heterocycles. The molecule has 1 N–H and O–H groups in total. The molecule has 1 atom stereocenters. The number of carbonyl (C=O) groups is 1. The second kappa shape index (κ2) is 9.88. The van der Waals surface area contributed by atoms with Gasteiger partial charge in [0.05, 0.1) is 12.8 Å². The minimum absolute atomic E-state index is 0.170. The Balaban J connectivity index is 1.58. The van der Waals surface area contributed by atoms with Gasteiger partial charge >= 0.3 is 0 Å². The lowest BCUT2D eigenvalue weighted by Gasteiger charge is -2.24. The normalized spacial score (nSPS) is 12.1. The van der Waals surface area contributed by atoms with E-state index in [1.807, 2.05) is 12.1 Å². The average Bonchev–Trinajstić information content (AvgIpc) is 3.21. The molecule has 0 fully saturated rings. The fourth-order valence-corrected chi connectivity index (χ4v) is 2.95. The number of nitrogens with zero attached hydrogens (tertiary/aromatic N) is 1. The van der Waals surface area contributed by atoms with Crippen LogP contribution >= 0.6 is 0 Å². The van der Waals surface area contributed by atoms with Gasteiger partial charge in [0, 0.05) is 18.7 Å². The first-order valence-corrected chi connectivity index (χ1v) is 9.29. The van der Waals surface area contributed by atoms with Crippen molar-refractivity contribution in [2.24, 2.45) is 0 Å². The fourth-order valence-electron chi connectivity index (χ4n) is 2.95. The number of hydrogen-bond acceptors (Lipinski definition) is 5. The standard InChI is InChI=1S/C23H25NO4/c1-18-4-6-19(7-5-18)13-24(15-23-3-2-12-27-23)14-21(26)17-28-22-10-8-20(16-25)9-11-22/h2-12,16,21,26H,13-15,17H2,1H3. The third-order valence-electron chi connectivity index (χ3n) is 4.41. The zero-order chi connectivity index (χ0) is 19.8. The second-order valence-corrected chi connectivity index (χ2v) is 6.89. The van der Waals surface area contributed by atoms with E-state index in [1.54, 1.807) is 30.5 Å². The van der Waals surface area contributed by atoms with E-state index < -0.39 is 6.10 Å². The molecule has 3 aromatic rings. The van der Waals surface area contributed by atoms with Gasteiger partial charge in [0.2, 0.25) is 0 Å². The summed E-state index contributed by atoms with van der Waals surface area (Å²) in [5.74, 6) is 1.48. The number of aldehydes is 1. The number of benzene rings is 2. The van der Waals surface area contributed by atoms with Crippen molar-refractivity contribution in [2.75, 3.05) is 13.2 Å². The first-order chi connectivity index (χ1) is 13.6. The Hall–Kier alpha value is -2.89. The Kier molecular flexibility index (Phi) is 7.00. The third-order valence-corrected chi connectivity index (χ3v) is 4.41. The molecular formula is C23H25NO4. The number of ether oxygens (including phenoxy) is 1. The van der Waals surface area contributed by atoms with Gasteiger partial charge in [-0.05, 0) is 48.9 Å². The number of hydrogen-bond donors (Lipinski definition) is 1. The van der Waals surface area contributed by atoms with Crippen molar-refractivity contribution in [1.82, 2.24) is 4.90 Å². The van der Waals surface area contributed by atoms with E-state index in [4.69, 9.17) is 9.15 Å². The molecule has 1 unspecified atom stereocenters. The van der Waals surface area contributed by atoms with Crippen molar-refractivity contribution in [3.05, 3.63) is 89.4 Å². The molecule has 5 nitrogen and oxygen atoms in total. The highest BCUT2D eigenvalue weighted by atomic mass is 16.5. The summed E-state index contributed by atoms with van der Waals surface area (Å²) in [5.41, 5.74) is 2.99. The lowest BCUT2D eigenvalue weighted by molar-refractivity contribution is 0.0604. The number of aliphatic hydroxyl groups is 1. The molecule has 0 bridgehead atoms. The topological polar surface area (TPSA) is 62.9 Å². The molecule has 3 rings (SSSR count). The number of rotatable bonds is 10. The zero-order valence-corrected chi connectivity index (χ0v) is 16.0. The van der Waals surface area contributed by atoms with Crippen LogP contribution in [0.15, 0.2) is 71.3 Å². The Labute approximate surface area is 165 Å². The molecule has 0 aliphatic rings. The summed E-state index contributed by atoms with van der Waals surface area (Å²) in [5, 5.41) is 10.5. The molecule has 0 amide bonds. The fraction of sp³-hybridized carbons (Fsp3) is 0.261. The van der Waals surface area contributed by atoms with Crippen LogP contribution < -0.4 is 4.74 Å². The molecule has 0 aliphatic heterocycles. The van der Waals surface area contributed by atoms with Gasteiger partial charge in [-0.2, -0.15) is 0 Å². The summed E-state index contributed by atoms with van der Waals surface area (Å²) in [6.45, 7) is 3.98. The Morgan fingerprint density at radius 2 is 1.82 bits per heavy atom. The molecule has 0 aliphatic carbocycles. The Bertz CT molecular complexity index is 841. The van der Waals surface area contributed by atoms with Gasteiger partial charge in [0.1, 0.15) is 30.5 Å². The maximum absolute atomic E-state index is 10.7. The third kappa shape index (κ3) is 6.08. The van der Waals surface area contributed by atoms with Crippen molar-refractivity contribution in [2.45, 2.75) is 26.1 Å². The minimum atomic E-state index is -0.661. The quantitative estimate of drug-likeness (QED) is 0.542. The second-order valence-electron chi connectivity index (χ2n) is 6.89. The van der Waals surface area contributed by atoms with Gasteiger partial charge < -0.3 is 14.3 Å². The minimum Gasteiger partial charge on any atom is -0.491 e. The molecule has 146 valence electrons. The highest BCUT2D eigenvalue weighted by Gasteiger charge is 2.15. The van der Waals surface area contributed by atoms with E-state index in [-0.39, 0.29) is 6.61 Å². The average molecular weight is 379 g/mol. The first-order valence-electron chi connectivity index (χ1n) is 9.29. The van der Waals surface area contributed by atoms with Crippen LogP contribution in [0.2, 0.25) is 0 Å². The van der Waals surface area contributed by atoms with Crippen molar-refractivity contribution in [1.29, 1.82) is 0 Å². The van der Waals surface area contributed by atoms with Crippen LogP contribution in [0.1, 0.15) is 27.2 Å². The molecule has 2 aromatic carbocycles. The van der Waals surface area contributed by atoms with Gasteiger partial charge in [0.15, 0.2) is 0 Å². The summed E-state index contributed by atoms with van der Waals surface area (Å²) in [4.78, 5) is 12.8. The van der Waals surface area contributed by atoms with Crippen molar-refractivity contribution in [3.8, 4) is 5.75 Å². The van der Waals surface area contributed by atoms with Crippen LogP contribution in [0.5, 0.6) is 5.75 Å². The molecule has 0 saturated carbocycles. The van der Waals surface area contributed by atoms with Crippen molar-refractivity contribution < 1.29 is 19.1 Å². The molecule has 0 radical (unpaired) electrons. The van der Waals surface area contributed by atoms with Gasteiger partial charge in [0.25, 0.3) is 0 Å². The van der Waals surface area contributed by atoms with Gasteiger partial charge in [-0.3, -0.25) is 9.69 Å². The molecule has 0 spiro atoms. The molecule has 1 heterocycles. The summed E-state index contributed by atoms with van der Waals surface area (Å²) in [7, 11) is 0. The van der Waals surface area contributed by atoms with E-state index >= 15 is 0 Å². The van der Waals surface area contributed by atoms with E-state index in [0.717, 1.165) is 12.0 Å². The summed E-state index contributed by atoms with van der Waals surface area (Å²) in [6, 6.07) is 19.0. The molecule has 1 aromatic heterocycles. The van der Waals surface area contributed by atoms with E-state index in [9.17, 15) is 9.90 Å². The van der Waals surface area contributed by atoms with Crippen LogP contribution in [0.25, 0.3) is 0 Å². The monoisotopic (exact) mass is 379 g/mol. The van der Waals surface area contributed by atoms with E-state index in [2.05, 4.69) is 36.1 Å². The lowest BCUT2D eigenvalue weighted by atomic mass is 10.1. The van der Waals surface area contributed by atoms with Crippen LogP contribution in [0, 0.1) is 6.92 Å². The SMILES string of the molecule is Cc1ccc(CN(Cc2ccco2)CC(O)COc2ccc(C=O)cc2)cc1. The summed E-state index contributed by atoms with van der Waals surface area (Å²) >= 11 is 0. The van der Waals surface area contributed by atoms with Crippen LogP contribution in [0.3, 0.4) is 0 Å². The van der Waals surface area contributed by atoms with Gasteiger partial charge in [-0.25, -0.2) is 0 Å². The van der Waals surface area contributed by atoms with Crippen molar-refractivity contribution >= 4 is 6.29 Å². The highest BCUT2D eigenvalue weighted by molar-refractivity contribution is 5.74. The predicted octanol–water partition coefficient (Wildman–Crippen LogP) is 3.84. The first kappa shape index (κ1) is 19.9. The van der Waals surface area contributed by atoms with Gasteiger partial charge in [-0.1, -0.05) is 29.8 Å². The molecular weight excluding hydrogens is 354 g/mol. The zero-order valence-electron chi connectivity index (χ0n) is 16.0. The van der Waals surface area contributed by atoms with Crippen LogP contribution in [-0.2, 0) is 13.1 Å². The summed E-state index contributed by atoms with van der Waals surface area (Å²) < 4.78 is 11.1. The lowest BCUT2D eigenvalue weighted by Crippen LogP contribution is -2.35. The maximum Gasteiger partial charge on any atom is 0.150 e. The Morgan fingerprint density at radius 1 is 1.07 bits per heavy atom. The highest BCUT2D eigenvalue weighted by Crippen LogP contribution is 2.14. The maximum atomic E-state index is 10.7. The smallest absolute Gasteiger partial charge is 0.150 e.